The minimum Gasteiger partial charge on any atom is -0.480 e. The molecule has 1 aromatic carbocycles. The summed E-state index contributed by atoms with van der Waals surface area (Å²) < 4.78 is 4.60. The summed E-state index contributed by atoms with van der Waals surface area (Å²) in [7, 11) is 0. The summed E-state index contributed by atoms with van der Waals surface area (Å²) in [6.07, 6.45) is 4.98. The van der Waals surface area contributed by atoms with Crippen LogP contribution in [0.4, 0.5) is 0 Å². The van der Waals surface area contributed by atoms with Crippen LogP contribution in [0, 0.1) is 6.92 Å². The lowest BCUT2D eigenvalue weighted by atomic mass is 10.1. The summed E-state index contributed by atoms with van der Waals surface area (Å²) in [6, 6.07) is 7.01. The van der Waals surface area contributed by atoms with Gasteiger partial charge in [0.15, 0.2) is 6.04 Å². The average Bonchev–Trinajstić information content (AvgIpc) is 3.06. The molecule has 1 aromatic rings. The number of aryl methyl sites for hydroxylation is 1. The molecule has 2 N–H and O–H groups in total. The molecule has 1 saturated carbocycles. The lowest BCUT2D eigenvalue weighted by Gasteiger charge is -2.29. The molecule has 1 atom stereocenters. The van der Waals surface area contributed by atoms with E-state index in [1.165, 1.54) is 17.3 Å². The molecule has 6 heteroatoms. The molecular formula is C19H25NO4S. The van der Waals surface area contributed by atoms with E-state index in [9.17, 15) is 14.7 Å². The smallest absolute Gasteiger partial charge is 0.328 e. The molecule has 5 nitrogen and oxygen atoms in total. The fourth-order valence-electron chi connectivity index (χ4n) is 2.89. The molecule has 1 amide bonds. The summed E-state index contributed by atoms with van der Waals surface area (Å²) in [5, 5.41) is 12.0. The Kier molecular flexibility index (Phi) is 7.08. The second-order valence-electron chi connectivity index (χ2n) is 6.31. The number of carboxylic acid groups (broad SMARTS) is 1. The van der Waals surface area contributed by atoms with Gasteiger partial charge in [0, 0.05) is 4.90 Å². The van der Waals surface area contributed by atoms with Crippen LogP contribution in [0.1, 0.15) is 31.2 Å². The minimum atomic E-state index is -1.09. The number of rotatable bonds is 9. The van der Waals surface area contributed by atoms with Crippen LogP contribution in [0.3, 0.4) is 0 Å². The normalized spacial score (nSPS) is 17.0. The minimum absolute atomic E-state index is 0.0711. The number of amides is 1. The number of hydrogen-bond donors (Lipinski definition) is 2. The monoisotopic (exact) mass is 363 g/mol. The van der Waals surface area contributed by atoms with E-state index in [2.05, 4.69) is 11.9 Å². The van der Waals surface area contributed by atoms with E-state index in [0.29, 0.717) is 0 Å². The molecular weight excluding hydrogens is 338 g/mol. The maximum absolute atomic E-state index is 12.9. The maximum Gasteiger partial charge on any atom is 0.328 e. The van der Waals surface area contributed by atoms with Crippen LogP contribution in [-0.2, 0) is 14.3 Å². The van der Waals surface area contributed by atoms with E-state index < -0.39 is 16.8 Å². The molecule has 1 fully saturated rings. The second-order valence-corrected chi connectivity index (χ2v) is 7.76. The van der Waals surface area contributed by atoms with E-state index >= 15 is 0 Å². The van der Waals surface area contributed by atoms with Crippen molar-refractivity contribution >= 4 is 23.6 Å². The van der Waals surface area contributed by atoms with Crippen molar-refractivity contribution in [2.24, 2.45) is 0 Å². The van der Waals surface area contributed by atoms with Crippen LogP contribution in [0.25, 0.3) is 0 Å². The third-order valence-corrected chi connectivity index (χ3v) is 5.78. The summed E-state index contributed by atoms with van der Waals surface area (Å²) >= 11 is 1.54. The molecule has 1 aliphatic carbocycles. The molecule has 1 unspecified atom stereocenters. The van der Waals surface area contributed by atoms with Crippen molar-refractivity contribution in [2.45, 2.75) is 48.3 Å². The maximum atomic E-state index is 12.9. The first kappa shape index (κ1) is 19.5. The van der Waals surface area contributed by atoms with Crippen LogP contribution < -0.4 is 5.32 Å². The Balaban J connectivity index is 2.09. The molecule has 25 heavy (non-hydrogen) atoms. The molecule has 1 aliphatic rings. The van der Waals surface area contributed by atoms with Crippen molar-refractivity contribution in [2.75, 3.05) is 13.2 Å². The lowest BCUT2D eigenvalue weighted by molar-refractivity contribution is -0.143. The van der Waals surface area contributed by atoms with E-state index in [0.717, 1.165) is 30.6 Å². The molecule has 2 rings (SSSR count). The predicted octanol–water partition coefficient (Wildman–Crippen LogP) is 3.17. The Morgan fingerprint density at radius 2 is 2.00 bits per heavy atom. The van der Waals surface area contributed by atoms with Crippen molar-refractivity contribution in [1.82, 2.24) is 5.32 Å². The Hall–Kier alpha value is -1.79. The summed E-state index contributed by atoms with van der Waals surface area (Å²) in [5.74, 6) is -1.31. The van der Waals surface area contributed by atoms with Gasteiger partial charge in [0.05, 0.1) is 18.0 Å². The number of nitrogens with one attached hydrogen (secondary N) is 1. The number of hydrogen-bond acceptors (Lipinski definition) is 4. The highest BCUT2D eigenvalue weighted by Gasteiger charge is 2.43. The molecule has 0 spiro atoms. The van der Waals surface area contributed by atoms with Crippen molar-refractivity contribution < 1.29 is 19.4 Å². The van der Waals surface area contributed by atoms with Gasteiger partial charge >= 0.3 is 5.97 Å². The Morgan fingerprint density at radius 3 is 2.56 bits per heavy atom. The number of carbonyl (C=O) groups is 2. The number of ether oxygens (including phenoxy) is 1. The van der Waals surface area contributed by atoms with Gasteiger partial charge in [-0.2, -0.15) is 0 Å². The molecule has 0 bridgehead atoms. The number of carbonyl (C=O) groups excluding carboxylic acids is 1. The van der Waals surface area contributed by atoms with Crippen molar-refractivity contribution in [3.8, 4) is 0 Å². The van der Waals surface area contributed by atoms with Gasteiger partial charge in [-0.3, -0.25) is 4.79 Å². The van der Waals surface area contributed by atoms with Gasteiger partial charge < -0.3 is 15.2 Å². The fraction of sp³-hybridized carbons (Fsp3) is 0.474. The quantitative estimate of drug-likeness (QED) is 0.521. The third kappa shape index (κ3) is 5.34. The van der Waals surface area contributed by atoms with Crippen molar-refractivity contribution in [1.29, 1.82) is 0 Å². The van der Waals surface area contributed by atoms with E-state index in [1.807, 2.05) is 31.2 Å². The molecule has 0 saturated heterocycles. The van der Waals surface area contributed by atoms with Crippen LogP contribution >= 0.6 is 11.8 Å². The van der Waals surface area contributed by atoms with Gasteiger partial charge in [0.1, 0.15) is 0 Å². The third-order valence-electron chi connectivity index (χ3n) is 4.28. The number of carboxylic acids is 1. The molecule has 0 heterocycles. The Morgan fingerprint density at radius 1 is 1.36 bits per heavy atom. The number of benzene rings is 1. The van der Waals surface area contributed by atoms with Crippen LogP contribution in [0.2, 0.25) is 0 Å². The number of thioether (sulfide) groups is 1. The van der Waals surface area contributed by atoms with Gasteiger partial charge in [-0.05, 0) is 31.9 Å². The SMILES string of the molecule is C=CCOCC(NC(=O)C1(Sc2ccc(C)cc2)CCCC1)C(=O)O. The van der Waals surface area contributed by atoms with Crippen molar-refractivity contribution in [3.05, 3.63) is 42.5 Å². The first-order valence-electron chi connectivity index (χ1n) is 8.45. The highest BCUT2D eigenvalue weighted by molar-refractivity contribution is 8.01. The van der Waals surface area contributed by atoms with Gasteiger partial charge in [0.25, 0.3) is 0 Å². The number of aliphatic carboxylic acids is 1. The van der Waals surface area contributed by atoms with Crippen LogP contribution in [-0.4, -0.2) is 41.0 Å². The van der Waals surface area contributed by atoms with Gasteiger partial charge in [-0.1, -0.05) is 36.6 Å². The fourth-order valence-corrected chi connectivity index (χ4v) is 4.25. The zero-order chi connectivity index (χ0) is 18.3. The van der Waals surface area contributed by atoms with E-state index in [-0.39, 0.29) is 19.1 Å². The first-order valence-corrected chi connectivity index (χ1v) is 9.26. The lowest BCUT2D eigenvalue weighted by Crippen LogP contribution is -2.51. The summed E-state index contributed by atoms with van der Waals surface area (Å²) in [5.41, 5.74) is 1.17. The van der Waals surface area contributed by atoms with Crippen LogP contribution in [0.15, 0.2) is 41.8 Å². The topological polar surface area (TPSA) is 75.6 Å². The largest absolute Gasteiger partial charge is 0.480 e. The molecule has 136 valence electrons. The van der Waals surface area contributed by atoms with Gasteiger partial charge in [-0.25, -0.2) is 4.79 Å². The van der Waals surface area contributed by atoms with Crippen LogP contribution in [0.5, 0.6) is 0 Å². The zero-order valence-corrected chi connectivity index (χ0v) is 15.3. The standard InChI is InChI=1S/C19H25NO4S/c1-3-12-24-13-16(17(21)22)20-18(23)19(10-4-5-11-19)25-15-8-6-14(2)7-9-15/h3,6-9,16H,1,4-5,10-13H2,2H3,(H,20,23)(H,21,22). The molecule has 0 aliphatic heterocycles. The highest BCUT2D eigenvalue weighted by Crippen LogP contribution is 2.45. The van der Waals surface area contributed by atoms with Gasteiger partial charge in [0.2, 0.25) is 5.91 Å². The Labute approximate surface area is 152 Å². The van der Waals surface area contributed by atoms with E-state index in [1.54, 1.807) is 6.08 Å². The summed E-state index contributed by atoms with van der Waals surface area (Å²) in [6.45, 7) is 5.73. The van der Waals surface area contributed by atoms with Gasteiger partial charge in [-0.15, -0.1) is 18.3 Å². The predicted molar refractivity (Wildman–Crippen MR) is 98.8 cm³/mol. The van der Waals surface area contributed by atoms with Crippen molar-refractivity contribution in [3.63, 3.8) is 0 Å². The summed E-state index contributed by atoms with van der Waals surface area (Å²) in [4.78, 5) is 25.4. The second kappa shape index (κ2) is 9.06. The molecule has 0 aromatic heterocycles. The van der Waals surface area contributed by atoms with E-state index in [4.69, 9.17) is 4.74 Å². The highest BCUT2D eigenvalue weighted by atomic mass is 32.2. The molecule has 0 radical (unpaired) electrons. The first-order chi connectivity index (χ1) is 12.0. The zero-order valence-electron chi connectivity index (χ0n) is 14.5. The Bertz CT molecular complexity index is 608. The average molecular weight is 363 g/mol.